The van der Waals surface area contributed by atoms with Gasteiger partial charge in [0.15, 0.2) is 0 Å². The van der Waals surface area contributed by atoms with Gasteiger partial charge >= 0.3 is 0 Å². The second-order valence-electron chi connectivity index (χ2n) is 12.9. The van der Waals surface area contributed by atoms with Gasteiger partial charge in [0.1, 0.15) is 0 Å². The minimum absolute atomic E-state index is 1.13. The molecule has 8 aromatic carbocycles. The van der Waals surface area contributed by atoms with Gasteiger partial charge in [0, 0.05) is 47.0 Å². The summed E-state index contributed by atoms with van der Waals surface area (Å²) in [5.74, 6) is 0. The van der Waals surface area contributed by atoms with Gasteiger partial charge in [-0.15, -0.1) is 22.7 Å². The van der Waals surface area contributed by atoms with E-state index in [9.17, 15) is 0 Å². The fourth-order valence-corrected chi connectivity index (χ4v) is 10.1. The monoisotopic (exact) mass is 685 g/mol. The quantitative estimate of drug-likeness (QED) is 0.168. The van der Waals surface area contributed by atoms with E-state index >= 15 is 0 Å². The number of nitrogens with zero attached hydrogens (tertiary/aromatic N) is 1. The third-order valence-electron chi connectivity index (χ3n) is 9.84. The number of anilines is 3. The van der Waals surface area contributed by atoms with Crippen LogP contribution in [0.2, 0.25) is 0 Å². The average molecular weight is 686 g/mol. The molecule has 0 fully saturated rings. The van der Waals surface area contributed by atoms with Crippen molar-refractivity contribution in [2.75, 3.05) is 4.90 Å². The van der Waals surface area contributed by atoms with E-state index in [1.54, 1.807) is 0 Å². The molecule has 2 aromatic heterocycles. The van der Waals surface area contributed by atoms with E-state index < -0.39 is 0 Å². The van der Waals surface area contributed by atoms with Gasteiger partial charge in [-0.1, -0.05) is 146 Å². The molecule has 0 atom stereocenters. The summed E-state index contributed by atoms with van der Waals surface area (Å²) in [5, 5.41) is 5.20. The van der Waals surface area contributed by atoms with Gasteiger partial charge in [-0.05, 0) is 75.8 Å². The third kappa shape index (κ3) is 5.13. The number of fused-ring (bicyclic) bond motifs is 6. The van der Waals surface area contributed by atoms with Crippen LogP contribution in [0.15, 0.2) is 188 Å². The maximum absolute atomic E-state index is 2.46. The number of benzene rings is 8. The lowest BCUT2D eigenvalue weighted by atomic mass is 9.96. The fourth-order valence-electron chi connectivity index (χ4n) is 7.50. The Labute approximate surface area is 304 Å². The Balaban J connectivity index is 1.25. The van der Waals surface area contributed by atoms with Gasteiger partial charge in [0.05, 0.1) is 10.4 Å². The highest BCUT2D eigenvalue weighted by molar-refractivity contribution is 7.27. The lowest BCUT2D eigenvalue weighted by Crippen LogP contribution is -2.10. The summed E-state index contributed by atoms with van der Waals surface area (Å²) in [6, 6.07) is 68.5. The van der Waals surface area contributed by atoms with Crippen molar-refractivity contribution >= 4 is 80.1 Å². The number of rotatable bonds is 6. The Morgan fingerprint density at radius 3 is 1.59 bits per heavy atom. The molecule has 0 bridgehead atoms. The lowest BCUT2D eigenvalue weighted by Gasteiger charge is -2.27. The second kappa shape index (κ2) is 12.4. The van der Waals surface area contributed by atoms with Crippen LogP contribution < -0.4 is 4.90 Å². The minimum atomic E-state index is 1.13. The first kappa shape index (κ1) is 29.9. The molecule has 0 aliphatic heterocycles. The van der Waals surface area contributed by atoms with Crippen LogP contribution >= 0.6 is 22.7 Å². The van der Waals surface area contributed by atoms with Crippen LogP contribution in [-0.4, -0.2) is 0 Å². The molecule has 0 spiro atoms. The van der Waals surface area contributed by atoms with Gasteiger partial charge in [0.2, 0.25) is 0 Å². The predicted molar refractivity (Wildman–Crippen MR) is 223 cm³/mol. The van der Waals surface area contributed by atoms with Gasteiger partial charge in [-0.2, -0.15) is 0 Å². The van der Waals surface area contributed by atoms with E-state index in [4.69, 9.17) is 0 Å². The topological polar surface area (TPSA) is 3.24 Å². The van der Waals surface area contributed by atoms with Crippen LogP contribution in [0.5, 0.6) is 0 Å². The molecular formula is C48H31NS2. The van der Waals surface area contributed by atoms with E-state index in [-0.39, 0.29) is 0 Å². The summed E-state index contributed by atoms with van der Waals surface area (Å²) in [6.45, 7) is 0. The van der Waals surface area contributed by atoms with Crippen LogP contribution in [0.4, 0.5) is 17.1 Å². The Morgan fingerprint density at radius 1 is 0.314 bits per heavy atom. The minimum Gasteiger partial charge on any atom is -0.309 e. The van der Waals surface area contributed by atoms with Crippen molar-refractivity contribution in [3.63, 3.8) is 0 Å². The van der Waals surface area contributed by atoms with Crippen LogP contribution in [0, 0.1) is 0 Å². The second-order valence-corrected chi connectivity index (χ2v) is 15.0. The van der Waals surface area contributed by atoms with Crippen LogP contribution in [0.25, 0.3) is 73.7 Å². The molecule has 0 amide bonds. The van der Waals surface area contributed by atoms with Gasteiger partial charge in [-0.25, -0.2) is 0 Å². The zero-order valence-electron chi connectivity index (χ0n) is 27.7. The first-order valence-electron chi connectivity index (χ1n) is 17.3. The van der Waals surface area contributed by atoms with E-state index in [0.717, 1.165) is 11.4 Å². The molecule has 51 heavy (non-hydrogen) atoms. The lowest BCUT2D eigenvalue weighted by molar-refractivity contribution is 1.30. The normalized spacial score (nSPS) is 11.5. The van der Waals surface area contributed by atoms with Crippen molar-refractivity contribution < 1.29 is 0 Å². The van der Waals surface area contributed by atoms with Crippen LogP contribution in [0.3, 0.4) is 0 Å². The Bertz CT molecular complexity index is 2850. The Hall–Kier alpha value is -6.00. The maximum atomic E-state index is 2.46. The SMILES string of the molecule is c1ccc(-c2cc(-c3cccc4c3sc3ccccc34)cc(N(c3ccccc3)c3cccc4c3sc3c(-c5ccccc5)cccc34)c2)cc1. The highest BCUT2D eigenvalue weighted by Crippen LogP contribution is 2.49. The van der Waals surface area contributed by atoms with Gasteiger partial charge in [0.25, 0.3) is 0 Å². The summed E-state index contributed by atoms with van der Waals surface area (Å²) in [5.41, 5.74) is 10.8. The number of hydrogen-bond donors (Lipinski definition) is 0. The summed E-state index contributed by atoms with van der Waals surface area (Å²) in [4.78, 5) is 2.46. The van der Waals surface area contributed by atoms with Gasteiger partial charge < -0.3 is 4.90 Å². The molecule has 10 aromatic rings. The number of hydrogen-bond acceptors (Lipinski definition) is 3. The standard InChI is InChI=1S/C48H31NS2/c1-4-15-32(16-5-1)34-29-35(39-23-13-24-41-40-21-10-11-28-45(40)50-46(39)41)31-37(30-34)49(36-19-8-3-9-20-36)44-27-14-26-43-42-25-12-22-38(47(42)51-48(43)44)33-17-6-2-7-18-33/h1-31H. The number of para-hydroxylation sites is 1. The van der Waals surface area contributed by atoms with Crippen molar-refractivity contribution in [1.82, 2.24) is 0 Å². The molecule has 0 aliphatic rings. The molecule has 0 saturated carbocycles. The van der Waals surface area contributed by atoms with E-state index in [1.165, 1.54) is 79.4 Å². The molecule has 0 N–H and O–H groups in total. The first-order valence-corrected chi connectivity index (χ1v) is 18.9. The molecular weight excluding hydrogens is 655 g/mol. The molecule has 0 unspecified atom stereocenters. The zero-order chi connectivity index (χ0) is 33.7. The highest BCUT2D eigenvalue weighted by Gasteiger charge is 2.21. The largest absolute Gasteiger partial charge is 0.309 e. The average Bonchev–Trinajstić information content (AvgIpc) is 3.78. The summed E-state index contributed by atoms with van der Waals surface area (Å²) in [6.07, 6.45) is 0. The molecule has 10 rings (SSSR count). The smallest absolute Gasteiger partial charge is 0.0640 e. The van der Waals surface area contributed by atoms with E-state index in [0.29, 0.717) is 0 Å². The molecule has 2 heterocycles. The summed E-state index contributed by atoms with van der Waals surface area (Å²) in [7, 11) is 0. The first-order chi connectivity index (χ1) is 25.3. The Morgan fingerprint density at radius 2 is 0.843 bits per heavy atom. The molecule has 3 heteroatoms. The molecule has 0 saturated heterocycles. The van der Waals surface area contributed by atoms with Crippen LogP contribution in [-0.2, 0) is 0 Å². The van der Waals surface area contributed by atoms with E-state index in [2.05, 4.69) is 193 Å². The van der Waals surface area contributed by atoms with Crippen molar-refractivity contribution in [2.24, 2.45) is 0 Å². The van der Waals surface area contributed by atoms with Crippen LogP contribution in [0.1, 0.15) is 0 Å². The molecule has 0 radical (unpaired) electrons. The molecule has 1 nitrogen and oxygen atoms in total. The van der Waals surface area contributed by atoms with Crippen molar-refractivity contribution in [3.8, 4) is 33.4 Å². The summed E-state index contributed by atoms with van der Waals surface area (Å²) < 4.78 is 5.23. The fraction of sp³-hybridized carbons (Fsp3) is 0. The van der Waals surface area contributed by atoms with Gasteiger partial charge in [-0.3, -0.25) is 0 Å². The third-order valence-corrected chi connectivity index (χ3v) is 12.3. The molecule has 0 aliphatic carbocycles. The summed E-state index contributed by atoms with van der Waals surface area (Å²) >= 11 is 3.78. The number of thiophene rings is 2. The van der Waals surface area contributed by atoms with Crippen molar-refractivity contribution in [1.29, 1.82) is 0 Å². The maximum Gasteiger partial charge on any atom is 0.0640 e. The Kier molecular flexibility index (Phi) is 7.26. The van der Waals surface area contributed by atoms with E-state index in [1.807, 2.05) is 22.7 Å². The predicted octanol–water partition coefficient (Wildman–Crippen LogP) is 14.9. The van der Waals surface area contributed by atoms with Crippen molar-refractivity contribution in [3.05, 3.63) is 188 Å². The van der Waals surface area contributed by atoms with Crippen molar-refractivity contribution in [2.45, 2.75) is 0 Å². The zero-order valence-corrected chi connectivity index (χ0v) is 29.3. The molecule has 240 valence electrons. The highest BCUT2D eigenvalue weighted by atomic mass is 32.1.